The third-order valence-corrected chi connectivity index (χ3v) is 2.24. The number of nitrogens with one attached hydrogen (secondary N) is 1. The molecule has 1 N–H and O–H groups in total. The number of hydrogen-bond donors (Lipinski definition) is 1. The Morgan fingerprint density at radius 2 is 2.08 bits per heavy atom. The molecule has 0 radical (unpaired) electrons. The van der Waals surface area contributed by atoms with Gasteiger partial charge in [0, 0.05) is 6.54 Å². The van der Waals surface area contributed by atoms with Crippen molar-refractivity contribution in [2.24, 2.45) is 0 Å². The SMILES string of the molecule is CNCC1CCC(COC(C)C)O1. The molecule has 1 saturated heterocycles. The molecule has 1 fully saturated rings. The summed E-state index contributed by atoms with van der Waals surface area (Å²) in [6.07, 6.45) is 3.32. The predicted molar refractivity (Wildman–Crippen MR) is 52.9 cm³/mol. The van der Waals surface area contributed by atoms with Gasteiger partial charge in [-0.1, -0.05) is 0 Å². The predicted octanol–water partition coefficient (Wildman–Crippen LogP) is 1.18. The van der Waals surface area contributed by atoms with Crippen LogP contribution in [-0.4, -0.2) is 38.5 Å². The summed E-state index contributed by atoms with van der Waals surface area (Å²) in [6.45, 7) is 5.82. The molecule has 0 aliphatic carbocycles. The summed E-state index contributed by atoms with van der Waals surface area (Å²) in [5, 5.41) is 3.13. The minimum atomic E-state index is 0.312. The molecule has 1 rings (SSSR count). The number of likely N-dealkylation sites (N-methyl/N-ethyl adjacent to an activating group) is 1. The largest absolute Gasteiger partial charge is 0.376 e. The maximum atomic E-state index is 5.76. The van der Waals surface area contributed by atoms with Crippen LogP contribution in [0.1, 0.15) is 26.7 Å². The summed E-state index contributed by atoms with van der Waals surface area (Å²) in [5.74, 6) is 0. The van der Waals surface area contributed by atoms with Crippen molar-refractivity contribution in [3.8, 4) is 0 Å². The van der Waals surface area contributed by atoms with Crippen LogP contribution in [0.15, 0.2) is 0 Å². The van der Waals surface area contributed by atoms with E-state index in [9.17, 15) is 0 Å². The number of hydrogen-bond acceptors (Lipinski definition) is 3. The third kappa shape index (κ3) is 4.07. The van der Waals surface area contributed by atoms with Gasteiger partial charge in [0.1, 0.15) is 0 Å². The zero-order chi connectivity index (χ0) is 9.68. The van der Waals surface area contributed by atoms with Crippen LogP contribution in [0.3, 0.4) is 0 Å². The molecule has 13 heavy (non-hydrogen) atoms. The maximum Gasteiger partial charge on any atom is 0.0814 e. The molecule has 1 heterocycles. The Morgan fingerprint density at radius 3 is 2.69 bits per heavy atom. The highest BCUT2D eigenvalue weighted by molar-refractivity contribution is 4.74. The quantitative estimate of drug-likeness (QED) is 0.701. The second kappa shape index (κ2) is 5.58. The minimum Gasteiger partial charge on any atom is -0.376 e. The lowest BCUT2D eigenvalue weighted by atomic mass is 10.2. The lowest BCUT2D eigenvalue weighted by Crippen LogP contribution is -2.25. The molecule has 0 amide bonds. The Hall–Kier alpha value is -0.120. The van der Waals surface area contributed by atoms with Gasteiger partial charge in [0.15, 0.2) is 0 Å². The van der Waals surface area contributed by atoms with Crippen molar-refractivity contribution in [2.45, 2.75) is 45.0 Å². The monoisotopic (exact) mass is 187 g/mol. The molecule has 0 bridgehead atoms. The van der Waals surface area contributed by atoms with Gasteiger partial charge in [-0.05, 0) is 33.7 Å². The summed E-state index contributed by atoms with van der Waals surface area (Å²) in [7, 11) is 1.96. The van der Waals surface area contributed by atoms with Gasteiger partial charge in [0.05, 0.1) is 24.9 Å². The van der Waals surface area contributed by atoms with Crippen LogP contribution in [0.4, 0.5) is 0 Å². The minimum absolute atomic E-state index is 0.312. The lowest BCUT2D eigenvalue weighted by Gasteiger charge is -2.15. The van der Waals surface area contributed by atoms with Crippen LogP contribution in [0.25, 0.3) is 0 Å². The fraction of sp³-hybridized carbons (Fsp3) is 1.00. The molecular formula is C10H21NO2. The van der Waals surface area contributed by atoms with E-state index in [0.717, 1.165) is 26.0 Å². The van der Waals surface area contributed by atoms with Crippen molar-refractivity contribution in [3.05, 3.63) is 0 Å². The molecule has 2 atom stereocenters. The van der Waals surface area contributed by atoms with Gasteiger partial charge in [-0.25, -0.2) is 0 Å². The van der Waals surface area contributed by atoms with Gasteiger partial charge in [-0.3, -0.25) is 0 Å². The van der Waals surface area contributed by atoms with Gasteiger partial charge >= 0.3 is 0 Å². The maximum absolute atomic E-state index is 5.76. The van der Waals surface area contributed by atoms with Crippen LogP contribution in [0, 0.1) is 0 Å². The van der Waals surface area contributed by atoms with Crippen LogP contribution in [-0.2, 0) is 9.47 Å². The number of rotatable bonds is 5. The summed E-state index contributed by atoms with van der Waals surface area (Å²) < 4.78 is 11.3. The average Bonchev–Trinajstić information content (AvgIpc) is 2.50. The zero-order valence-corrected chi connectivity index (χ0v) is 8.88. The molecule has 1 aliphatic heterocycles. The highest BCUT2D eigenvalue weighted by atomic mass is 16.5. The molecule has 78 valence electrons. The molecule has 0 saturated carbocycles. The van der Waals surface area contributed by atoms with E-state index in [2.05, 4.69) is 19.2 Å². The fourth-order valence-electron chi connectivity index (χ4n) is 1.58. The van der Waals surface area contributed by atoms with Crippen molar-refractivity contribution in [1.82, 2.24) is 5.32 Å². The summed E-state index contributed by atoms with van der Waals surface area (Å²) in [5.41, 5.74) is 0. The van der Waals surface area contributed by atoms with Crippen molar-refractivity contribution in [1.29, 1.82) is 0 Å². The summed E-state index contributed by atoms with van der Waals surface area (Å²) >= 11 is 0. The lowest BCUT2D eigenvalue weighted by molar-refractivity contribution is -0.0313. The molecule has 0 aromatic rings. The molecule has 0 aromatic heterocycles. The van der Waals surface area contributed by atoms with E-state index < -0.39 is 0 Å². The number of ether oxygens (including phenoxy) is 2. The molecule has 0 spiro atoms. The van der Waals surface area contributed by atoms with E-state index in [1.54, 1.807) is 0 Å². The van der Waals surface area contributed by atoms with Crippen molar-refractivity contribution < 1.29 is 9.47 Å². The van der Waals surface area contributed by atoms with E-state index in [1.807, 2.05) is 7.05 Å². The smallest absolute Gasteiger partial charge is 0.0814 e. The molecule has 3 nitrogen and oxygen atoms in total. The van der Waals surface area contributed by atoms with Crippen molar-refractivity contribution >= 4 is 0 Å². The summed E-state index contributed by atoms with van der Waals surface area (Å²) in [6, 6.07) is 0. The Labute approximate surface area is 80.8 Å². The van der Waals surface area contributed by atoms with E-state index in [4.69, 9.17) is 9.47 Å². The second-order valence-electron chi connectivity index (χ2n) is 3.90. The van der Waals surface area contributed by atoms with Crippen molar-refractivity contribution in [3.63, 3.8) is 0 Å². The van der Waals surface area contributed by atoms with Gasteiger partial charge in [-0.2, -0.15) is 0 Å². The van der Waals surface area contributed by atoms with Crippen molar-refractivity contribution in [2.75, 3.05) is 20.2 Å². The van der Waals surface area contributed by atoms with Gasteiger partial charge in [0.25, 0.3) is 0 Å². The van der Waals surface area contributed by atoms with Gasteiger partial charge < -0.3 is 14.8 Å². The molecule has 3 heteroatoms. The van der Waals surface area contributed by atoms with Gasteiger partial charge in [0.2, 0.25) is 0 Å². The third-order valence-electron chi connectivity index (χ3n) is 2.24. The van der Waals surface area contributed by atoms with E-state index >= 15 is 0 Å². The first-order valence-corrected chi connectivity index (χ1v) is 5.14. The second-order valence-corrected chi connectivity index (χ2v) is 3.90. The first-order valence-electron chi connectivity index (χ1n) is 5.14. The van der Waals surface area contributed by atoms with Crippen LogP contribution in [0.2, 0.25) is 0 Å². The van der Waals surface area contributed by atoms with E-state index in [0.29, 0.717) is 18.3 Å². The highest BCUT2D eigenvalue weighted by Crippen LogP contribution is 2.19. The van der Waals surface area contributed by atoms with E-state index in [1.165, 1.54) is 0 Å². The fourth-order valence-corrected chi connectivity index (χ4v) is 1.58. The standard InChI is InChI=1S/C10H21NO2/c1-8(2)12-7-10-5-4-9(13-10)6-11-3/h8-11H,4-7H2,1-3H3. The Bertz CT molecular complexity index is 139. The first-order chi connectivity index (χ1) is 6.22. The topological polar surface area (TPSA) is 30.5 Å². The highest BCUT2D eigenvalue weighted by Gasteiger charge is 2.24. The molecule has 0 aromatic carbocycles. The Kier molecular flexibility index (Phi) is 4.70. The van der Waals surface area contributed by atoms with E-state index in [-0.39, 0.29) is 0 Å². The Morgan fingerprint density at radius 1 is 1.38 bits per heavy atom. The normalized spacial score (nSPS) is 28.6. The molecular weight excluding hydrogens is 166 g/mol. The van der Waals surface area contributed by atoms with Crippen LogP contribution in [0.5, 0.6) is 0 Å². The van der Waals surface area contributed by atoms with Crippen LogP contribution < -0.4 is 5.32 Å². The summed E-state index contributed by atoms with van der Waals surface area (Å²) in [4.78, 5) is 0. The van der Waals surface area contributed by atoms with Crippen LogP contribution >= 0.6 is 0 Å². The average molecular weight is 187 g/mol. The Balaban J connectivity index is 2.10. The van der Waals surface area contributed by atoms with Gasteiger partial charge in [-0.15, -0.1) is 0 Å². The molecule has 1 aliphatic rings. The first kappa shape index (κ1) is 11.0. The molecule has 2 unspecified atom stereocenters. The zero-order valence-electron chi connectivity index (χ0n) is 8.88.